The van der Waals surface area contributed by atoms with Crippen molar-refractivity contribution < 1.29 is 17.9 Å². The Balaban J connectivity index is 1.56. The van der Waals surface area contributed by atoms with Crippen molar-refractivity contribution in [3.63, 3.8) is 0 Å². The summed E-state index contributed by atoms with van der Waals surface area (Å²) < 4.78 is 39.2. The van der Waals surface area contributed by atoms with E-state index in [1.54, 1.807) is 17.5 Å². The van der Waals surface area contributed by atoms with Gasteiger partial charge in [0.1, 0.15) is 4.21 Å². The summed E-state index contributed by atoms with van der Waals surface area (Å²) in [5.41, 5.74) is 1.03. The number of hydrogen-bond acceptors (Lipinski definition) is 7. The molecule has 9 heteroatoms. The van der Waals surface area contributed by atoms with E-state index in [1.165, 1.54) is 11.3 Å². The van der Waals surface area contributed by atoms with Gasteiger partial charge in [-0.1, -0.05) is 12.1 Å². The Morgan fingerprint density at radius 2 is 1.93 bits per heavy atom. The van der Waals surface area contributed by atoms with Crippen LogP contribution in [0, 0.1) is 0 Å². The van der Waals surface area contributed by atoms with Gasteiger partial charge < -0.3 is 14.4 Å². The number of likely N-dealkylation sites (N-methyl/N-ethyl adjacent to an activating group) is 1. The Morgan fingerprint density at radius 1 is 1.15 bits per heavy atom. The molecule has 0 amide bonds. The van der Waals surface area contributed by atoms with E-state index in [1.807, 2.05) is 18.2 Å². The van der Waals surface area contributed by atoms with Crippen molar-refractivity contribution in [2.24, 2.45) is 0 Å². The van der Waals surface area contributed by atoms with E-state index in [4.69, 9.17) is 9.47 Å². The van der Waals surface area contributed by atoms with Gasteiger partial charge in [-0.3, -0.25) is 4.90 Å². The van der Waals surface area contributed by atoms with Gasteiger partial charge in [0.05, 0.1) is 0 Å². The average molecular weight is 410 g/mol. The first-order valence-corrected chi connectivity index (χ1v) is 11.2. The van der Waals surface area contributed by atoms with Gasteiger partial charge in [0, 0.05) is 38.8 Å². The van der Waals surface area contributed by atoms with Gasteiger partial charge in [-0.2, -0.15) is 0 Å². The normalized spacial score (nSPS) is 19.3. The van der Waals surface area contributed by atoms with Gasteiger partial charge in [0.2, 0.25) is 16.8 Å². The molecule has 0 unspecified atom stereocenters. The van der Waals surface area contributed by atoms with E-state index < -0.39 is 10.0 Å². The zero-order valence-corrected chi connectivity index (χ0v) is 16.8. The second-order valence-corrected chi connectivity index (χ2v) is 9.69. The summed E-state index contributed by atoms with van der Waals surface area (Å²) in [5.74, 6) is 1.45. The number of benzene rings is 1. The number of nitrogens with one attached hydrogen (secondary N) is 1. The van der Waals surface area contributed by atoms with Crippen LogP contribution < -0.4 is 14.2 Å². The quantitative estimate of drug-likeness (QED) is 0.784. The maximum absolute atomic E-state index is 12.6. The van der Waals surface area contributed by atoms with Crippen LogP contribution in [0.4, 0.5) is 0 Å². The van der Waals surface area contributed by atoms with Crippen LogP contribution in [0.15, 0.2) is 39.9 Å². The SMILES string of the molecule is CN1CCN([C@H](CNS(=O)(=O)c2cccs2)c2ccc3c(c2)OCO3)CC1. The molecule has 1 N–H and O–H groups in total. The van der Waals surface area contributed by atoms with E-state index >= 15 is 0 Å². The molecule has 4 rings (SSSR count). The molecular formula is C18H23N3O4S2. The van der Waals surface area contributed by atoms with Crippen molar-refractivity contribution in [2.75, 3.05) is 46.6 Å². The molecule has 0 saturated carbocycles. The molecule has 2 aliphatic rings. The first-order valence-electron chi connectivity index (χ1n) is 8.88. The van der Waals surface area contributed by atoms with Crippen molar-refractivity contribution in [2.45, 2.75) is 10.3 Å². The minimum absolute atomic E-state index is 0.0667. The largest absolute Gasteiger partial charge is 0.454 e. The second kappa shape index (κ2) is 7.76. The van der Waals surface area contributed by atoms with Crippen LogP contribution >= 0.6 is 11.3 Å². The van der Waals surface area contributed by atoms with Gasteiger partial charge in [-0.25, -0.2) is 13.1 Å². The third-order valence-electron chi connectivity index (χ3n) is 4.99. The number of hydrogen-bond donors (Lipinski definition) is 1. The number of thiophene rings is 1. The lowest BCUT2D eigenvalue weighted by molar-refractivity contribution is 0.112. The van der Waals surface area contributed by atoms with Crippen LogP contribution in [-0.4, -0.2) is 64.8 Å². The molecule has 146 valence electrons. The lowest BCUT2D eigenvalue weighted by Crippen LogP contribution is -2.48. The summed E-state index contributed by atoms with van der Waals surface area (Å²) in [5, 5.41) is 1.77. The minimum Gasteiger partial charge on any atom is -0.454 e. The topological polar surface area (TPSA) is 71.1 Å². The maximum Gasteiger partial charge on any atom is 0.250 e. The zero-order valence-electron chi connectivity index (χ0n) is 15.1. The monoisotopic (exact) mass is 409 g/mol. The summed E-state index contributed by atoms with van der Waals surface area (Å²) >= 11 is 1.22. The molecule has 27 heavy (non-hydrogen) atoms. The third kappa shape index (κ3) is 4.12. The Labute approximate surface area is 163 Å². The van der Waals surface area contributed by atoms with Crippen LogP contribution in [-0.2, 0) is 10.0 Å². The van der Waals surface area contributed by atoms with Crippen LogP contribution in [0.2, 0.25) is 0 Å². The van der Waals surface area contributed by atoms with Crippen molar-refractivity contribution in [3.05, 3.63) is 41.3 Å². The van der Waals surface area contributed by atoms with Gasteiger partial charge in [-0.05, 0) is 36.2 Å². The predicted molar refractivity (Wildman–Crippen MR) is 104 cm³/mol. The van der Waals surface area contributed by atoms with Crippen LogP contribution in [0.5, 0.6) is 11.5 Å². The molecule has 0 spiro atoms. The number of nitrogens with zero attached hydrogens (tertiary/aromatic N) is 2. The van der Waals surface area contributed by atoms with E-state index in [9.17, 15) is 8.42 Å². The molecule has 2 aromatic rings. The van der Waals surface area contributed by atoms with Crippen molar-refractivity contribution >= 4 is 21.4 Å². The van der Waals surface area contributed by atoms with Crippen molar-refractivity contribution in [1.82, 2.24) is 14.5 Å². The third-order valence-corrected chi connectivity index (χ3v) is 7.81. The predicted octanol–water partition coefficient (Wildman–Crippen LogP) is 1.74. The Morgan fingerprint density at radius 3 is 2.67 bits per heavy atom. The fraction of sp³-hybridized carbons (Fsp3) is 0.444. The fourth-order valence-electron chi connectivity index (χ4n) is 3.39. The van der Waals surface area contributed by atoms with Crippen LogP contribution in [0.25, 0.3) is 0 Å². The molecule has 1 aromatic heterocycles. The van der Waals surface area contributed by atoms with Crippen LogP contribution in [0.3, 0.4) is 0 Å². The molecular weight excluding hydrogens is 386 g/mol. The molecule has 1 saturated heterocycles. The molecule has 1 atom stereocenters. The Kier molecular flexibility index (Phi) is 5.38. The number of fused-ring (bicyclic) bond motifs is 1. The standard InChI is InChI=1S/C18H23N3O4S2/c1-20-6-8-21(9-7-20)15(12-19-27(22,23)18-3-2-10-26-18)14-4-5-16-17(11-14)25-13-24-16/h2-5,10-11,15,19H,6-9,12-13H2,1H3/t15-/m1/s1. The molecule has 7 nitrogen and oxygen atoms in total. The molecule has 0 aliphatic carbocycles. The smallest absolute Gasteiger partial charge is 0.250 e. The van der Waals surface area contributed by atoms with Gasteiger partial charge in [-0.15, -0.1) is 11.3 Å². The van der Waals surface area contributed by atoms with E-state index in [2.05, 4.69) is 21.6 Å². The number of rotatable bonds is 6. The van der Waals surface area contributed by atoms with E-state index in [-0.39, 0.29) is 12.8 Å². The number of sulfonamides is 1. The highest BCUT2D eigenvalue weighted by atomic mass is 32.2. The molecule has 1 aromatic carbocycles. The fourth-order valence-corrected chi connectivity index (χ4v) is 5.46. The van der Waals surface area contributed by atoms with Crippen molar-refractivity contribution in [3.8, 4) is 11.5 Å². The first-order chi connectivity index (χ1) is 13.0. The molecule has 0 radical (unpaired) electrons. The highest BCUT2D eigenvalue weighted by Gasteiger charge is 2.27. The number of piperazine rings is 1. The van der Waals surface area contributed by atoms with Gasteiger partial charge >= 0.3 is 0 Å². The minimum atomic E-state index is -3.51. The zero-order chi connectivity index (χ0) is 18.9. The number of ether oxygens (including phenoxy) is 2. The summed E-state index contributed by atoms with van der Waals surface area (Å²) in [6.07, 6.45) is 0. The summed E-state index contributed by atoms with van der Waals surface area (Å²) in [6, 6.07) is 9.16. The first kappa shape index (κ1) is 18.7. The molecule has 3 heterocycles. The summed E-state index contributed by atoms with van der Waals surface area (Å²) in [7, 11) is -1.40. The highest BCUT2D eigenvalue weighted by Crippen LogP contribution is 2.35. The molecule has 0 bridgehead atoms. The summed E-state index contributed by atoms with van der Waals surface area (Å²) in [4.78, 5) is 4.61. The average Bonchev–Trinajstić information content (AvgIpc) is 3.35. The van der Waals surface area contributed by atoms with Gasteiger partial charge in [0.25, 0.3) is 0 Å². The lowest BCUT2D eigenvalue weighted by Gasteiger charge is -2.38. The van der Waals surface area contributed by atoms with E-state index in [0.29, 0.717) is 16.5 Å². The van der Waals surface area contributed by atoms with E-state index in [0.717, 1.165) is 37.5 Å². The lowest BCUT2D eigenvalue weighted by atomic mass is 10.0. The second-order valence-electron chi connectivity index (χ2n) is 6.75. The Bertz CT molecular complexity index is 878. The van der Waals surface area contributed by atoms with Crippen LogP contribution in [0.1, 0.15) is 11.6 Å². The van der Waals surface area contributed by atoms with Gasteiger partial charge in [0.15, 0.2) is 11.5 Å². The highest BCUT2D eigenvalue weighted by molar-refractivity contribution is 7.91. The Hall–Kier alpha value is -1.65. The maximum atomic E-state index is 12.6. The molecule has 1 fully saturated rings. The summed E-state index contributed by atoms with van der Waals surface area (Å²) in [6.45, 7) is 4.22. The molecule has 2 aliphatic heterocycles. The van der Waals surface area contributed by atoms with Crippen molar-refractivity contribution in [1.29, 1.82) is 0 Å².